The molecule has 2 N–H and O–H groups in total. The number of para-hydroxylation sites is 1. The van der Waals surface area contributed by atoms with Gasteiger partial charge >= 0.3 is 5.97 Å². The number of hydrogen-bond acceptors (Lipinski definition) is 5. The number of nitrogens with zero attached hydrogens (tertiary/aromatic N) is 2. The zero-order valence-corrected chi connectivity index (χ0v) is 16.0. The Bertz CT molecular complexity index is 1050. The van der Waals surface area contributed by atoms with Crippen molar-refractivity contribution in [2.24, 2.45) is 0 Å². The van der Waals surface area contributed by atoms with E-state index in [1.54, 1.807) is 6.92 Å². The number of carbonyl (C=O) groups is 1. The summed E-state index contributed by atoms with van der Waals surface area (Å²) >= 11 is 0.908. The minimum absolute atomic E-state index is 0.155. The van der Waals surface area contributed by atoms with Gasteiger partial charge in [-0.05, 0) is 30.0 Å². The number of rotatable bonds is 7. The van der Waals surface area contributed by atoms with E-state index in [1.807, 2.05) is 25.1 Å². The minimum atomic E-state index is -3.87. The number of aromatic nitrogens is 2. The third-order valence-corrected chi connectivity index (χ3v) is 7.20. The van der Waals surface area contributed by atoms with Gasteiger partial charge in [-0.15, -0.1) is 11.3 Å². The van der Waals surface area contributed by atoms with E-state index in [9.17, 15) is 18.3 Å². The Labute approximate surface area is 155 Å². The molecular formula is C17H19N3O4S2. The van der Waals surface area contributed by atoms with Gasteiger partial charge < -0.3 is 10.1 Å². The van der Waals surface area contributed by atoms with Crippen molar-refractivity contribution in [2.75, 3.05) is 13.1 Å². The lowest BCUT2D eigenvalue weighted by Crippen LogP contribution is -2.33. The van der Waals surface area contributed by atoms with E-state index in [-0.39, 0.29) is 22.9 Å². The van der Waals surface area contributed by atoms with Gasteiger partial charge in [-0.3, -0.25) is 0 Å². The molecular weight excluding hydrogens is 374 g/mol. The normalized spacial score (nSPS) is 12.1. The van der Waals surface area contributed by atoms with Crippen molar-refractivity contribution in [1.29, 1.82) is 0 Å². The maximum atomic E-state index is 12.8. The first-order valence-electron chi connectivity index (χ1n) is 8.09. The molecule has 0 radical (unpaired) electrons. The SMILES string of the molecule is CCN(CCc1nc2c(C)cccc2[nH]1)S(=O)(=O)c1ccsc1C(=O)O. The van der Waals surface area contributed by atoms with Crippen LogP contribution in [-0.2, 0) is 16.4 Å². The highest BCUT2D eigenvalue weighted by Gasteiger charge is 2.29. The van der Waals surface area contributed by atoms with Crippen LogP contribution in [0.4, 0.5) is 0 Å². The Hall–Kier alpha value is -2.23. The number of aromatic amines is 1. The average molecular weight is 393 g/mol. The zero-order valence-electron chi connectivity index (χ0n) is 14.4. The van der Waals surface area contributed by atoms with Crippen molar-refractivity contribution in [2.45, 2.75) is 25.2 Å². The number of thiophene rings is 1. The van der Waals surface area contributed by atoms with E-state index in [1.165, 1.54) is 15.8 Å². The number of fused-ring (bicyclic) bond motifs is 1. The van der Waals surface area contributed by atoms with Gasteiger partial charge in [0.05, 0.1) is 11.0 Å². The number of hydrogen-bond donors (Lipinski definition) is 2. The van der Waals surface area contributed by atoms with Gasteiger partial charge in [-0.2, -0.15) is 4.31 Å². The van der Waals surface area contributed by atoms with Crippen molar-refractivity contribution in [3.8, 4) is 0 Å². The summed E-state index contributed by atoms with van der Waals surface area (Å²) in [6.07, 6.45) is 0.410. The van der Waals surface area contributed by atoms with Gasteiger partial charge in [0.15, 0.2) is 0 Å². The molecule has 3 aromatic rings. The monoisotopic (exact) mass is 393 g/mol. The fourth-order valence-electron chi connectivity index (χ4n) is 2.82. The van der Waals surface area contributed by atoms with Gasteiger partial charge in [0.2, 0.25) is 10.0 Å². The molecule has 0 bridgehead atoms. The smallest absolute Gasteiger partial charge is 0.347 e. The zero-order chi connectivity index (χ0) is 18.9. The predicted molar refractivity (Wildman–Crippen MR) is 100 cm³/mol. The molecule has 0 aliphatic carbocycles. The van der Waals surface area contributed by atoms with Crippen molar-refractivity contribution in [3.05, 3.63) is 45.9 Å². The molecule has 0 saturated carbocycles. The molecule has 0 aliphatic rings. The van der Waals surface area contributed by atoms with Gasteiger partial charge in [0.25, 0.3) is 0 Å². The molecule has 9 heteroatoms. The fraction of sp³-hybridized carbons (Fsp3) is 0.294. The molecule has 0 spiro atoms. The Balaban J connectivity index is 1.83. The van der Waals surface area contributed by atoms with Crippen LogP contribution in [-0.4, -0.2) is 46.9 Å². The van der Waals surface area contributed by atoms with E-state index >= 15 is 0 Å². The quantitative estimate of drug-likeness (QED) is 0.642. The fourth-order valence-corrected chi connectivity index (χ4v) is 5.50. The van der Waals surface area contributed by atoms with E-state index in [0.717, 1.165) is 27.9 Å². The number of aryl methyl sites for hydroxylation is 1. The predicted octanol–water partition coefficient (Wildman–Crippen LogP) is 2.88. The van der Waals surface area contributed by atoms with Crippen LogP contribution in [0.15, 0.2) is 34.5 Å². The number of nitrogens with one attached hydrogen (secondary N) is 1. The molecule has 0 aliphatic heterocycles. The number of sulfonamides is 1. The third kappa shape index (κ3) is 3.37. The van der Waals surface area contributed by atoms with Crippen LogP contribution < -0.4 is 0 Å². The molecule has 3 rings (SSSR count). The van der Waals surface area contributed by atoms with Crippen LogP contribution in [0.5, 0.6) is 0 Å². The molecule has 0 fully saturated rings. The van der Waals surface area contributed by atoms with Crippen molar-refractivity contribution in [1.82, 2.24) is 14.3 Å². The summed E-state index contributed by atoms with van der Waals surface area (Å²) in [5, 5.41) is 10.7. The highest BCUT2D eigenvalue weighted by Crippen LogP contribution is 2.25. The lowest BCUT2D eigenvalue weighted by molar-refractivity contribution is 0.0698. The lowest BCUT2D eigenvalue weighted by Gasteiger charge is -2.19. The van der Waals surface area contributed by atoms with Crippen LogP contribution >= 0.6 is 11.3 Å². The van der Waals surface area contributed by atoms with E-state index < -0.39 is 16.0 Å². The van der Waals surface area contributed by atoms with Crippen molar-refractivity contribution < 1.29 is 18.3 Å². The summed E-state index contributed by atoms with van der Waals surface area (Å²) in [5.74, 6) is -0.533. The number of aromatic carboxylic acids is 1. The van der Waals surface area contributed by atoms with Crippen molar-refractivity contribution in [3.63, 3.8) is 0 Å². The molecule has 0 amide bonds. The van der Waals surface area contributed by atoms with E-state index in [4.69, 9.17) is 0 Å². The summed E-state index contributed by atoms with van der Waals surface area (Å²) in [5.41, 5.74) is 2.84. The van der Waals surface area contributed by atoms with Crippen LogP contribution in [0, 0.1) is 6.92 Å². The molecule has 7 nitrogen and oxygen atoms in total. The summed E-state index contributed by atoms with van der Waals surface area (Å²) in [7, 11) is -3.87. The Morgan fingerprint density at radius 3 is 2.77 bits per heavy atom. The number of carboxylic acid groups (broad SMARTS) is 1. The Morgan fingerprint density at radius 2 is 2.12 bits per heavy atom. The first kappa shape index (κ1) is 18.6. The molecule has 0 atom stereocenters. The molecule has 138 valence electrons. The summed E-state index contributed by atoms with van der Waals surface area (Å²) in [6, 6.07) is 7.18. The maximum Gasteiger partial charge on any atom is 0.347 e. The number of carboxylic acids is 1. The molecule has 0 saturated heterocycles. The summed E-state index contributed by atoms with van der Waals surface area (Å²) in [4.78, 5) is 18.7. The van der Waals surface area contributed by atoms with E-state index in [2.05, 4.69) is 9.97 Å². The molecule has 2 aromatic heterocycles. The number of benzene rings is 1. The molecule has 1 aromatic carbocycles. The Kier molecular flexibility index (Phi) is 5.12. The Morgan fingerprint density at radius 1 is 1.35 bits per heavy atom. The summed E-state index contributed by atoms with van der Waals surface area (Å²) < 4.78 is 27.0. The topological polar surface area (TPSA) is 103 Å². The second-order valence-electron chi connectivity index (χ2n) is 5.82. The van der Waals surface area contributed by atoms with Crippen LogP contribution in [0.3, 0.4) is 0 Å². The highest BCUT2D eigenvalue weighted by molar-refractivity contribution is 7.89. The third-order valence-electron chi connectivity index (χ3n) is 4.16. The van der Waals surface area contributed by atoms with Gasteiger partial charge in [0, 0.05) is 19.5 Å². The maximum absolute atomic E-state index is 12.8. The molecule has 0 unspecified atom stereocenters. The summed E-state index contributed by atoms with van der Waals surface area (Å²) in [6.45, 7) is 4.16. The first-order valence-corrected chi connectivity index (χ1v) is 10.4. The molecule has 2 heterocycles. The van der Waals surface area contributed by atoms with Crippen molar-refractivity contribution >= 4 is 38.4 Å². The average Bonchev–Trinajstić information content (AvgIpc) is 3.23. The lowest BCUT2D eigenvalue weighted by atomic mass is 10.2. The first-order chi connectivity index (χ1) is 12.3. The van der Waals surface area contributed by atoms with Crippen LogP contribution in [0.2, 0.25) is 0 Å². The standard InChI is InChI=1S/C17H19N3O4S2/c1-3-20(26(23,24)13-8-10-25-16(13)17(21)22)9-7-14-18-12-6-4-5-11(2)15(12)19-14/h4-6,8,10H,3,7,9H2,1-2H3,(H,18,19)(H,21,22). The van der Waals surface area contributed by atoms with Gasteiger partial charge in [-0.1, -0.05) is 19.1 Å². The number of likely N-dealkylation sites (N-methyl/N-ethyl adjacent to an activating group) is 1. The largest absolute Gasteiger partial charge is 0.477 e. The minimum Gasteiger partial charge on any atom is -0.477 e. The second-order valence-corrected chi connectivity index (χ2v) is 8.64. The second kappa shape index (κ2) is 7.18. The van der Waals surface area contributed by atoms with Crippen LogP contribution in [0.1, 0.15) is 28.0 Å². The van der Waals surface area contributed by atoms with Gasteiger partial charge in [-0.25, -0.2) is 18.2 Å². The number of H-pyrrole nitrogens is 1. The van der Waals surface area contributed by atoms with E-state index in [0.29, 0.717) is 12.2 Å². The van der Waals surface area contributed by atoms with Gasteiger partial charge in [0.1, 0.15) is 15.6 Å². The van der Waals surface area contributed by atoms with Crippen LogP contribution in [0.25, 0.3) is 11.0 Å². The highest BCUT2D eigenvalue weighted by atomic mass is 32.2. The number of imidazole rings is 1. The molecule has 26 heavy (non-hydrogen) atoms.